The summed E-state index contributed by atoms with van der Waals surface area (Å²) < 4.78 is 0. The van der Waals surface area contributed by atoms with Gasteiger partial charge in [-0.05, 0) is 86.0 Å². The van der Waals surface area contributed by atoms with Crippen LogP contribution in [0.25, 0.3) is 0 Å². The molecule has 0 heterocycles. The van der Waals surface area contributed by atoms with Crippen molar-refractivity contribution in [1.82, 2.24) is 0 Å². The fraction of sp³-hybridized carbons (Fsp3) is 0.762. The summed E-state index contributed by atoms with van der Waals surface area (Å²) in [6.07, 6.45) is 17.6. The molecule has 0 N–H and O–H groups in total. The molecule has 0 bridgehead atoms. The maximum atomic E-state index is 11.0. The van der Waals surface area contributed by atoms with Gasteiger partial charge in [-0.25, -0.2) is 0 Å². The number of carbonyl (C=O) groups excluding carboxylic acids is 1. The summed E-state index contributed by atoms with van der Waals surface area (Å²) in [4.78, 5) is 11.0. The van der Waals surface area contributed by atoms with Crippen molar-refractivity contribution in [1.29, 1.82) is 0 Å². The molecule has 4 aliphatic carbocycles. The third-order valence-corrected chi connectivity index (χ3v) is 8.13. The minimum atomic E-state index is 0.318. The first-order chi connectivity index (χ1) is 10.6. The molecule has 3 saturated carbocycles. The van der Waals surface area contributed by atoms with Crippen molar-refractivity contribution in [3.8, 4) is 0 Å². The fourth-order valence-electron chi connectivity index (χ4n) is 6.90. The highest BCUT2D eigenvalue weighted by Crippen LogP contribution is 2.65. The van der Waals surface area contributed by atoms with E-state index in [1.54, 1.807) is 5.57 Å². The first-order valence-corrected chi connectivity index (χ1v) is 9.44. The molecule has 0 saturated heterocycles. The number of aldehydes is 1. The van der Waals surface area contributed by atoms with E-state index in [9.17, 15) is 4.79 Å². The minimum absolute atomic E-state index is 0.318. The molecule has 0 unspecified atom stereocenters. The van der Waals surface area contributed by atoms with E-state index < -0.39 is 0 Å². The highest BCUT2D eigenvalue weighted by Gasteiger charge is 2.56. The quantitative estimate of drug-likeness (QED) is 0.356. The average molecular weight is 298 g/mol. The van der Waals surface area contributed by atoms with Crippen molar-refractivity contribution >= 4 is 6.29 Å². The van der Waals surface area contributed by atoms with Crippen molar-refractivity contribution in [3.63, 3.8) is 0 Å². The van der Waals surface area contributed by atoms with E-state index in [1.165, 1.54) is 56.9 Å². The van der Waals surface area contributed by atoms with Crippen molar-refractivity contribution in [2.24, 2.45) is 28.6 Å². The zero-order valence-electron chi connectivity index (χ0n) is 14.2. The number of rotatable bonds is 1. The molecular formula is C21H30O. The summed E-state index contributed by atoms with van der Waals surface area (Å²) in [7, 11) is 0. The number of hydrogen-bond donors (Lipinski definition) is 0. The van der Waals surface area contributed by atoms with E-state index in [1.807, 2.05) is 6.08 Å². The Kier molecular flexibility index (Phi) is 3.40. The summed E-state index contributed by atoms with van der Waals surface area (Å²) in [5.74, 6) is 2.58. The molecular weight excluding hydrogens is 268 g/mol. The largest absolute Gasteiger partial charge is 0.299 e. The molecule has 0 spiro atoms. The second-order valence-corrected chi connectivity index (χ2v) is 8.79. The van der Waals surface area contributed by atoms with Crippen LogP contribution in [0.2, 0.25) is 0 Å². The van der Waals surface area contributed by atoms with Gasteiger partial charge in [-0.2, -0.15) is 0 Å². The van der Waals surface area contributed by atoms with E-state index in [0.717, 1.165) is 30.5 Å². The van der Waals surface area contributed by atoms with Crippen LogP contribution in [-0.2, 0) is 4.79 Å². The van der Waals surface area contributed by atoms with Crippen molar-refractivity contribution < 1.29 is 4.79 Å². The molecule has 1 nitrogen and oxygen atoms in total. The SMILES string of the molecule is C[C@]12CCCCC1=CC[C@@H]1[C@@H]2CC[C@]2(C)C(=CC=O)CC[C@@H]12. The highest BCUT2D eigenvalue weighted by molar-refractivity contribution is 5.67. The molecule has 0 aromatic carbocycles. The van der Waals surface area contributed by atoms with Crippen LogP contribution in [0.3, 0.4) is 0 Å². The zero-order valence-corrected chi connectivity index (χ0v) is 14.2. The van der Waals surface area contributed by atoms with Gasteiger partial charge in [-0.1, -0.05) is 37.5 Å². The summed E-state index contributed by atoms with van der Waals surface area (Å²) in [5, 5.41) is 0. The first-order valence-electron chi connectivity index (χ1n) is 9.44. The van der Waals surface area contributed by atoms with Gasteiger partial charge < -0.3 is 0 Å². The molecule has 0 radical (unpaired) electrons. The van der Waals surface area contributed by atoms with Gasteiger partial charge in [0.2, 0.25) is 0 Å². The van der Waals surface area contributed by atoms with Gasteiger partial charge in [0.15, 0.2) is 0 Å². The molecule has 0 amide bonds. The van der Waals surface area contributed by atoms with Crippen molar-refractivity contribution in [2.75, 3.05) is 0 Å². The monoisotopic (exact) mass is 298 g/mol. The topological polar surface area (TPSA) is 17.1 Å². The molecule has 0 aromatic heterocycles. The van der Waals surface area contributed by atoms with E-state index in [4.69, 9.17) is 0 Å². The molecule has 1 heteroatoms. The Labute approximate surface area is 135 Å². The molecule has 0 aliphatic heterocycles. The molecule has 0 aromatic rings. The minimum Gasteiger partial charge on any atom is -0.299 e. The second kappa shape index (κ2) is 5.08. The number of fused-ring (bicyclic) bond motifs is 5. The van der Waals surface area contributed by atoms with Crippen LogP contribution >= 0.6 is 0 Å². The number of hydrogen-bond acceptors (Lipinski definition) is 1. The van der Waals surface area contributed by atoms with E-state index in [-0.39, 0.29) is 0 Å². The molecule has 22 heavy (non-hydrogen) atoms. The Hall–Kier alpha value is -0.850. The molecule has 4 rings (SSSR count). The summed E-state index contributed by atoms with van der Waals surface area (Å²) in [5.41, 5.74) is 4.07. The summed E-state index contributed by atoms with van der Waals surface area (Å²) >= 11 is 0. The van der Waals surface area contributed by atoms with Crippen LogP contribution < -0.4 is 0 Å². The van der Waals surface area contributed by atoms with Gasteiger partial charge in [0, 0.05) is 0 Å². The Morgan fingerprint density at radius 3 is 2.68 bits per heavy atom. The Morgan fingerprint density at radius 1 is 1.05 bits per heavy atom. The number of allylic oxidation sites excluding steroid dienone is 4. The maximum Gasteiger partial charge on any atom is 0.142 e. The lowest BCUT2D eigenvalue weighted by Crippen LogP contribution is -2.48. The highest BCUT2D eigenvalue weighted by atomic mass is 16.1. The van der Waals surface area contributed by atoms with Gasteiger partial charge in [-0.15, -0.1) is 0 Å². The predicted molar refractivity (Wildman–Crippen MR) is 90.5 cm³/mol. The lowest BCUT2D eigenvalue weighted by Gasteiger charge is -2.57. The maximum absolute atomic E-state index is 11.0. The van der Waals surface area contributed by atoms with Gasteiger partial charge in [0.1, 0.15) is 6.29 Å². The second-order valence-electron chi connectivity index (χ2n) is 8.79. The predicted octanol–water partition coefficient (Wildman–Crippen LogP) is 5.46. The van der Waals surface area contributed by atoms with Crippen LogP contribution in [0.15, 0.2) is 23.3 Å². The Morgan fingerprint density at radius 2 is 1.86 bits per heavy atom. The smallest absolute Gasteiger partial charge is 0.142 e. The third-order valence-electron chi connectivity index (χ3n) is 8.13. The van der Waals surface area contributed by atoms with Crippen LogP contribution in [0.5, 0.6) is 0 Å². The average Bonchev–Trinajstić information content (AvgIpc) is 2.84. The van der Waals surface area contributed by atoms with Gasteiger partial charge in [0.05, 0.1) is 0 Å². The Balaban J connectivity index is 1.69. The normalized spacial score (nSPS) is 49.1. The van der Waals surface area contributed by atoms with E-state index in [0.29, 0.717) is 10.8 Å². The third kappa shape index (κ3) is 1.87. The van der Waals surface area contributed by atoms with Crippen molar-refractivity contribution in [2.45, 2.75) is 71.6 Å². The van der Waals surface area contributed by atoms with Crippen LogP contribution in [0.4, 0.5) is 0 Å². The first kappa shape index (κ1) is 14.7. The van der Waals surface area contributed by atoms with E-state index in [2.05, 4.69) is 19.9 Å². The van der Waals surface area contributed by atoms with Crippen molar-refractivity contribution in [3.05, 3.63) is 23.3 Å². The molecule has 120 valence electrons. The number of carbonyl (C=O) groups is 1. The zero-order chi connectivity index (χ0) is 15.4. The van der Waals surface area contributed by atoms with Crippen LogP contribution in [-0.4, -0.2) is 6.29 Å². The molecule has 4 aliphatic rings. The van der Waals surface area contributed by atoms with Gasteiger partial charge in [0.25, 0.3) is 0 Å². The Bertz CT molecular complexity index is 542. The van der Waals surface area contributed by atoms with Crippen LogP contribution in [0, 0.1) is 28.6 Å². The van der Waals surface area contributed by atoms with Gasteiger partial charge in [-0.3, -0.25) is 4.79 Å². The molecule has 3 fully saturated rings. The van der Waals surface area contributed by atoms with Crippen LogP contribution in [0.1, 0.15) is 71.6 Å². The standard InChI is InChI=1S/C21H30O/c1-20-12-4-3-5-15(20)6-8-17-18-9-7-16(11-14-22)21(18,2)13-10-19(17)20/h6,11,14,17-19H,3-5,7-10,12-13H2,1-2H3/t17-,18-,19-,20-,21+/m0/s1. The fourth-order valence-corrected chi connectivity index (χ4v) is 6.90. The summed E-state index contributed by atoms with van der Waals surface area (Å²) in [6, 6.07) is 0. The lowest BCUT2D eigenvalue weighted by atomic mass is 9.48. The lowest BCUT2D eigenvalue weighted by molar-refractivity contribution is -0.104. The van der Waals surface area contributed by atoms with E-state index >= 15 is 0 Å². The van der Waals surface area contributed by atoms with Gasteiger partial charge >= 0.3 is 0 Å². The molecule has 5 atom stereocenters. The summed E-state index contributed by atoms with van der Waals surface area (Å²) in [6.45, 7) is 5.03.